The molecule has 2 heterocycles. The van der Waals surface area contributed by atoms with E-state index in [0.29, 0.717) is 44.2 Å². The van der Waals surface area contributed by atoms with Gasteiger partial charge in [0.2, 0.25) is 11.8 Å². The number of fused-ring (bicyclic) bond motifs is 2. The summed E-state index contributed by atoms with van der Waals surface area (Å²) in [6.07, 6.45) is 3.43. The molecule has 1 aliphatic heterocycles. The number of anilines is 1. The average Bonchev–Trinajstić information content (AvgIpc) is 3.28. The summed E-state index contributed by atoms with van der Waals surface area (Å²) in [6.45, 7) is -0.458. The number of hydrogen-bond acceptors (Lipinski definition) is 7. The highest BCUT2D eigenvalue weighted by Gasteiger charge is 2.48. The number of carbonyl (C=O) groups excluding carboxylic acids is 4. The Labute approximate surface area is 247 Å². The van der Waals surface area contributed by atoms with E-state index in [2.05, 4.69) is 0 Å². The first-order valence-corrected chi connectivity index (χ1v) is 14.1. The zero-order valence-corrected chi connectivity index (χ0v) is 23.6. The van der Waals surface area contributed by atoms with Gasteiger partial charge in [0, 0.05) is 21.5 Å². The SMILES string of the molecule is COc1cccc(C(=O)COC(=O)c2cc(-c3ccc(N4C(=O)C5CCCCC5C4=O)cc3)nc3ccc(Cl)cc23)c1. The number of amides is 2. The lowest BCUT2D eigenvalue weighted by Gasteiger charge is -2.19. The second-order valence-corrected chi connectivity index (χ2v) is 10.9. The van der Waals surface area contributed by atoms with Crippen LogP contribution in [0.25, 0.3) is 22.2 Å². The zero-order chi connectivity index (χ0) is 29.4. The highest BCUT2D eigenvalue weighted by atomic mass is 35.5. The van der Waals surface area contributed by atoms with Crippen LogP contribution in [0, 0.1) is 11.8 Å². The van der Waals surface area contributed by atoms with Crippen LogP contribution in [-0.4, -0.2) is 42.3 Å². The third-order valence-corrected chi connectivity index (χ3v) is 8.21. The third kappa shape index (κ3) is 5.14. The Morgan fingerprint density at radius 3 is 2.33 bits per heavy atom. The van der Waals surface area contributed by atoms with Gasteiger partial charge in [-0.15, -0.1) is 0 Å². The van der Waals surface area contributed by atoms with Gasteiger partial charge in [0.1, 0.15) is 5.75 Å². The number of halogens is 1. The van der Waals surface area contributed by atoms with E-state index in [1.807, 2.05) is 0 Å². The Morgan fingerprint density at radius 2 is 1.64 bits per heavy atom. The molecule has 1 saturated heterocycles. The van der Waals surface area contributed by atoms with Gasteiger partial charge in [-0.3, -0.25) is 19.3 Å². The summed E-state index contributed by atoms with van der Waals surface area (Å²) in [5.74, 6) is -1.28. The maximum absolute atomic E-state index is 13.3. The predicted octanol–water partition coefficient (Wildman–Crippen LogP) is 6.28. The minimum atomic E-state index is -0.699. The first-order valence-electron chi connectivity index (χ1n) is 13.8. The van der Waals surface area contributed by atoms with Crippen LogP contribution in [0.1, 0.15) is 46.4 Å². The van der Waals surface area contributed by atoms with E-state index in [-0.39, 0.29) is 35.0 Å². The molecule has 2 atom stereocenters. The van der Waals surface area contributed by atoms with E-state index in [9.17, 15) is 19.2 Å². The summed E-state index contributed by atoms with van der Waals surface area (Å²) < 4.78 is 10.6. The van der Waals surface area contributed by atoms with Gasteiger partial charge in [0.15, 0.2) is 12.4 Å². The summed E-state index contributed by atoms with van der Waals surface area (Å²) in [4.78, 5) is 58.1. The molecule has 2 unspecified atom stereocenters. The highest BCUT2D eigenvalue weighted by Crippen LogP contribution is 2.40. The molecule has 1 aliphatic carbocycles. The van der Waals surface area contributed by atoms with Crippen LogP contribution >= 0.6 is 11.6 Å². The van der Waals surface area contributed by atoms with Gasteiger partial charge in [0.25, 0.3) is 0 Å². The van der Waals surface area contributed by atoms with Crippen molar-refractivity contribution in [2.24, 2.45) is 11.8 Å². The molecule has 1 aromatic heterocycles. The first-order chi connectivity index (χ1) is 20.3. The van der Waals surface area contributed by atoms with Gasteiger partial charge in [-0.25, -0.2) is 9.78 Å². The largest absolute Gasteiger partial charge is 0.497 e. The summed E-state index contributed by atoms with van der Waals surface area (Å²) in [5, 5.41) is 0.904. The van der Waals surface area contributed by atoms with E-state index >= 15 is 0 Å². The van der Waals surface area contributed by atoms with Crippen molar-refractivity contribution in [2.75, 3.05) is 18.6 Å². The average molecular weight is 583 g/mol. The topological polar surface area (TPSA) is 103 Å². The first kappa shape index (κ1) is 27.6. The maximum atomic E-state index is 13.3. The Kier molecular flexibility index (Phi) is 7.47. The molecule has 6 rings (SSSR count). The molecule has 0 spiro atoms. The number of aromatic nitrogens is 1. The van der Waals surface area contributed by atoms with Gasteiger partial charge < -0.3 is 9.47 Å². The molecule has 8 nitrogen and oxygen atoms in total. The fourth-order valence-corrected chi connectivity index (χ4v) is 5.97. The van der Waals surface area contributed by atoms with Crippen LogP contribution in [-0.2, 0) is 14.3 Å². The number of ether oxygens (including phenoxy) is 2. The Bertz CT molecular complexity index is 1710. The van der Waals surface area contributed by atoms with Crippen molar-refractivity contribution in [1.29, 1.82) is 0 Å². The zero-order valence-electron chi connectivity index (χ0n) is 22.8. The molecule has 212 valence electrons. The van der Waals surface area contributed by atoms with Crippen molar-refractivity contribution in [3.63, 3.8) is 0 Å². The van der Waals surface area contributed by atoms with Crippen LogP contribution in [0.4, 0.5) is 5.69 Å². The van der Waals surface area contributed by atoms with Crippen LogP contribution < -0.4 is 9.64 Å². The summed E-state index contributed by atoms with van der Waals surface area (Å²) in [7, 11) is 1.51. The number of esters is 1. The molecule has 9 heteroatoms. The molecular formula is C33H27ClN2O6. The standard InChI is InChI=1S/C33H27ClN2O6/c1-41-23-6-4-5-20(15-23)30(37)18-42-33(40)27-17-29(35-28-14-11-21(34)16-26(27)28)19-9-12-22(13-10-19)36-31(38)24-7-2-3-8-25(24)32(36)39/h4-6,9-17,24-25H,2-3,7-8,18H2,1H3. The number of Topliss-reactive ketones (excluding diaryl/α,β-unsaturated/α-hetero) is 1. The lowest BCUT2D eigenvalue weighted by Crippen LogP contribution is -2.30. The van der Waals surface area contributed by atoms with E-state index in [4.69, 9.17) is 26.1 Å². The number of pyridine rings is 1. The number of benzene rings is 3. The number of nitrogens with zero attached hydrogens (tertiary/aromatic N) is 2. The summed E-state index contributed by atoms with van der Waals surface area (Å²) >= 11 is 6.23. The number of carbonyl (C=O) groups is 4. The number of ketones is 1. The Balaban J connectivity index is 1.27. The van der Waals surface area contributed by atoms with Crippen LogP contribution in [0.15, 0.2) is 72.8 Å². The van der Waals surface area contributed by atoms with Crippen LogP contribution in [0.3, 0.4) is 0 Å². The second-order valence-electron chi connectivity index (χ2n) is 10.5. The van der Waals surface area contributed by atoms with Crippen molar-refractivity contribution in [1.82, 2.24) is 4.98 Å². The van der Waals surface area contributed by atoms with Crippen molar-refractivity contribution in [3.05, 3.63) is 88.9 Å². The van der Waals surface area contributed by atoms with Crippen molar-refractivity contribution < 1.29 is 28.7 Å². The normalized spacial score (nSPS) is 18.2. The number of rotatable bonds is 7. The fourth-order valence-electron chi connectivity index (χ4n) is 5.80. The number of hydrogen-bond donors (Lipinski definition) is 0. The van der Waals surface area contributed by atoms with E-state index < -0.39 is 12.6 Å². The smallest absolute Gasteiger partial charge is 0.339 e. The minimum Gasteiger partial charge on any atom is -0.497 e. The van der Waals surface area contributed by atoms with Gasteiger partial charge in [-0.05, 0) is 61.4 Å². The van der Waals surface area contributed by atoms with Crippen LogP contribution in [0.5, 0.6) is 5.75 Å². The maximum Gasteiger partial charge on any atom is 0.339 e. The molecule has 2 amide bonds. The molecule has 1 saturated carbocycles. The molecule has 0 bridgehead atoms. The lowest BCUT2D eigenvalue weighted by molar-refractivity contribution is -0.122. The Morgan fingerprint density at radius 1 is 0.929 bits per heavy atom. The number of imide groups is 1. The summed E-state index contributed by atoms with van der Waals surface area (Å²) in [6, 6.07) is 20.2. The molecular weight excluding hydrogens is 556 g/mol. The highest BCUT2D eigenvalue weighted by molar-refractivity contribution is 6.31. The molecule has 3 aromatic carbocycles. The fraction of sp³-hybridized carbons (Fsp3) is 0.242. The quantitative estimate of drug-likeness (QED) is 0.143. The van der Waals surface area contributed by atoms with Gasteiger partial charge in [0.05, 0.1) is 41.4 Å². The Hall–Kier alpha value is -4.56. The molecule has 0 radical (unpaired) electrons. The van der Waals surface area contributed by atoms with E-state index in [1.165, 1.54) is 12.0 Å². The lowest BCUT2D eigenvalue weighted by atomic mass is 9.81. The third-order valence-electron chi connectivity index (χ3n) is 7.98. The van der Waals surface area contributed by atoms with E-state index in [0.717, 1.165) is 25.7 Å². The van der Waals surface area contributed by atoms with E-state index in [1.54, 1.807) is 72.8 Å². The van der Waals surface area contributed by atoms with Crippen molar-refractivity contribution >= 4 is 51.8 Å². The minimum absolute atomic E-state index is 0.133. The molecule has 42 heavy (non-hydrogen) atoms. The van der Waals surface area contributed by atoms with Crippen molar-refractivity contribution in [2.45, 2.75) is 25.7 Å². The number of methoxy groups -OCH3 is 1. The van der Waals surface area contributed by atoms with Gasteiger partial charge >= 0.3 is 5.97 Å². The molecule has 2 aliphatic rings. The van der Waals surface area contributed by atoms with Gasteiger partial charge in [-0.2, -0.15) is 0 Å². The van der Waals surface area contributed by atoms with Crippen LogP contribution in [0.2, 0.25) is 5.02 Å². The second kappa shape index (κ2) is 11.4. The summed E-state index contributed by atoms with van der Waals surface area (Å²) in [5.41, 5.74) is 2.75. The van der Waals surface area contributed by atoms with Crippen molar-refractivity contribution in [3.8, 4) is 17.0 Å². The predicted molar refractivity (Wildman–Crippen MR) is 158 cm³/mol. The monoisotopic (exact) mass is 582 g/mol. The molecule has 2 fully saturated rings. The molecule has 0 N–H and O–H groups in total. The molecule has 4 aromatic rings. The van der Waals surface area contributed by atoms with Gasteiger partial charge in [-0.1, -0.05) is 48.7 Å².